The minimum absolute atomic E-state index is 0.0848. The summed E-state index contributed by atoms with van der Waals surface area (Å²) >= 11 is 1.18. The van der Waals surface area contributed by atoms with Crippen LogP contribution in [0.4, 0.5) is 18.0 Å². The first-order chi connectivity index (χ1) is 16.1. The first kappa shape index (κ1) is 24.2. The van der Waals surface area contributed by atoms with Crippen molar-refractivity contribution in [3.63, 3.8) is 0 Å². The highest BCUT2D eigenvalue weighted by Gasteiger charge is 2.54. The average Bonchev–Trinajstić information content (AvgIpc) is 3.36. The van der Waals surface area contributed by atoms with Crippen LogP contribution in [0.15, 0.2) is 53.9 Å². The third-order valence-electron chi connectivity index (χ3n) is 6.38. The lowest BCUT2D eigenvalue weighted by Gasteiger charge is -2.34. The molecule has 11 heteroatoms. The van der Waals surface area contributed by atoms with Gasteiger partial charge in [0.25, 0.3) is 0 Å². The van der Waals surface area contributed by atoms with Crippen LogP contribution in [0.5, 0.6) is 0 Å². The van der Waals surface area contributed by atoms with Crippen LogP contribution in [0.25, 0.3) is 11.0 Å². The van der Waals surface area contributed by atoms with Crippen LogP contribution in [-0.4, -0.2) is 55.5 Å². The second-order valence-electron chi connectivity index (χ2n) is 8.42. The summed E-state index contributed by atoms with van der Waals surface area (Å²) in [6, 6.07) is 6.53. The van der Waals surface area contributed by atoms with Crippen molar-refractivity contribution in [2.75, 3.05) is 12.3 Å². The molecule has 180 valence electrons. The number of likely N-dealkylation sites (tertiary alicyclic amines) is 1. The topological polar surface area (TPSA) is 76.9 Å². The van der Waals surface area contributed by atoms with Crippen molar-refractivity contribution in [3.05, 3.63) is 54.4 Å². The maximum atomic E-state index is 13.8. The number of quaternary nitrogens is 1. The lowest BCUT2D eigenvalue weighted by molar-refractivity contribution is -0.784. The Labute approximate surface area is 198 Å². The van der Waals surface area contributed by atoms with E-state index in [1.165, 1.54) is 30.1 Å². The summed E-state index contributed by atoms with van der Waals surface area (Å²) in [6.07, 6.45) is -1.17. The van der Waals surface area contributed by atoms with Crippen LogP contribution < -0.4 is 5.32 Å². The molecule has 34 heavy (non-hydrogen) atoms. The monoisotopic (exact) mass is 492 g/mol. The number of aromatic nitrogens is 3. The number of para-hydroxylation sites is 2. The Morgan fingerprint density at radius 2 is 2.03 bits per heavy atom. The van der Waals surface area contributed by atoms with E-state index in [4.69, 9.17) is 0 Å². The molecule has 1 aliphatic rings. The van der Waals surface area contributed by atoms with Gasteiger partial charge >= 0.3 is 18.1 Å². The number of thioether (sulfide) groups is 1. The number of fused-ring (bicyclic) bond motifs is 1. The van der Waals surface area contributed by atoms with Crippen LogP contribution in [0, 0.1) is 0 Å². The van der Waals surface area contributed by atoms with Crippen LogP contribution in [0.2, 0.25) is 0 Å². The van der Waals surface area contributed by atoms with Crippen LogP contribution >= 0.6 is 11.8 Å². The van der Waals surface area contributed by atoms with E-state index in [0.29, 0.717) is 18.0 Å². The number of halogens is 3. The van der Waals surface area contributed by atoms with Gasteiger partial charge in [-0.15, -0.1) is 0 Å². The molecule has 2 unspecified atom stereocenters. The third kappa shape index (κ3) is 4.41. The summed E-state index contributed by atoms with van der Waals surface area (Å²) in [7, 11) is 1.83. The van der Waals surface area contributed by atoms with Gasteiger partial charge in [0.1, 0.15) is 11.8 Å². The number of nitrogens with one attached hydrogen (secondary N) is 1. The molecule has 1 N–H and O–H groups in total. The number of hydrogen-bond acceptors (Lipinski definition) is 5. The van der Waals surface area contributed by atoms with Gasteiger partial charge < -0.3 is 4.57 Å². The van der Waals surface area contributed by atoms with Crippen molar-refractivity contribution in [2.45, 2.75) is 43.2 Å². The number of imidazole rings is 1. The Morgan fingerprint density at radius 3 is 2.65 bits per heavy atom. The zero-order chi connectivity index (χ0) is 24.5. The van der Waals surface area contributed by atoms with Crippen molar-refractivity contribution < 1.29 is 27.2 Å². The van der Waals surface area contributed by atoms with Gasteiger partial charge in [0.2, 0.25) is 0 Å². The van der Waals surface area contributed by atoms with Gasteiger partial charge in [-0.3, -0.25) is 10.3 Å². The summed E-state index contributed by atoms with van der Waals surface area (Å²) in [4.78, 5) is 35.1. The van der Waals surface area contributed by atoms with E-state index in [-0.39, 0.29) is 17.9 Å². The van der Waals surface area contributed by atoms with Crippen molar-refractivity contribution in [2.24, 2.45) is 7.05 Å². The molecule has 3 atom stereocenters. The highest BCUT2D eigenvalue weighted by Crippen LogP contribution is 2.35. The Morgan fingerprint density at radius 1 is 1.26 bits per heavy atom. The largest absolute Gasteiger partial charge is 0.425 e. The fourth-order valence-corrected chi connectivity index (χ4v) is 5.43. The summed E-state index contributed by atoms with van der Waals surface area (Å²) in [5, 5.41) is 2.72. The number of amides is 3. The Hall–Kier alpha value is -2.92. The zero-order valence-corrected chi connectivity index (χ0v) is 19.6. The number of alkyl halides is 3. The van der Waals surface area contributed by atoms with Gasteiger partial charge in [-0.25, -0.2) is 14.6 Å². The Balaban J connectivity index is 1.57. The Kier molecular flexibility index (Phi) is 6.68. The molecule has 1 aromatic carbocycles. The molecule has 2 aromatic heterocycles. The predicted octanol–water partition coefficient (Wildman–Crippen LogP) is 4.60. The molecule has 0 aliphatic carbocycles. The van der Waals surface area contributed by atoms with E-state index in [0.717, 1.165) is 17.2 Å². The lowest BCUT2D eigenvalue weighted by Crippen LogP contribution is -2.64. The molecule has 3 aromatic rings. The van der Waals surface area contributed by atoms with E-state index >= 15 is 0 Å². The maximum absolute atomic E-state index is 13.8. The molecular formula is C23H25F3N5O2S+. The molecule has 0 radical (unpaired) electrons. The number of carbonyl (C=O) groups excluding carboxylic acids is 2. The first-order valence-corrected chi connectivity index (χ1v) is 11.9. The maximum Gasteiger partial charge on any atom is 0.425 e. The predicted molar refractivity (Wildman–Crippen MR) is 122 cm³/mol. The fourth-order valence-electron chi connectivity index (χ4n) is 4.50. The minimum Gasteiger partial charge on any atom is -0.322 e. The summed E-state index contributed by atoms with van der Waals surface area (Å²) in [5.41, 5.74) is 1.49. The number of rotatable bonds is 5. The number of hydrogen-bond donors (Lipinski definition) is 1. The van der Waals surface area contributed by atoms with Gasteiger partial charge in [-0.2, -0.15) is 17.7 Å². The van der Waals surface area contributed by atoms with Crippen molar-refractivity contribution in [1.82, 2.24) is 19.9 Å². The number of urea groups is 1. The van der Waals surface area contributed by atoms with E-state index < -0.39 is 34.7 Å². The zero-order valence-electron chi connectivity index (χ0n) is 18.7. The van der Waals surface area contributed by atoms with Gasteiger partial charge in [-0.1, -0.05) is 30.0 Å². The molecule has 0 saturated carbocycles. The summed E-state index contributed by atoms with van der Waals surface area (Å²) in [6.45, 7) is 1.89. The number of carbonyl (C=O) groups is 2. The number of aryl methyl sites for hydroxylation is 1. The first-order valence-electron chi connectivity index (χ1n) is 10.9. The summed E-state index contributed by atoms with van der Waals surface area (Å²) < 4.78 is 42.7. The fraction of sp³-hybridized carbons (Fsp3) is 0.391. The van der Waals surface area contributed by atoms with Crippen molar-refractivity contribution >= 4 is 34.7 Å². The normalized spacial score (nSPS) is 21.5. The molecule has 1 fully saturated rings. The van der Waals surface area contributed by atoms with Gasteiger partial charge in [-0.05, 0) is 25.1 Å². The molecule has 0 spiro atoms. The molecule has 3 heterocycles. The van der Waals surface area contributed by atoms with Crippen molar-refractivity contribution in [3.8, 4) is 0 Å². The van der Waals surface area contributed by atoms with Crippen LogP contribution in [0.1, 0.15) is 31.4 Å². The molecule has 1 aliphatic heterocycles. The highest BCUT2D eigenvalue weighted by molar-refractivity contribution is 7.99. The molecule has 3 amide bonds. The SMILES string of the molecule is C[C@@H]1CCC[N+]1(C(=O)CSc1nc2ccccc2n1C)C(=O)NC(c1cccnc1)C(F)(F)F. The van der Waals surface area contributed by atoms with E-state index in [2.05, 4.69) is 15.3 Å². The van der Waals surface area contributed by atoms with Gasteiger partial charge in [0.05, 0.1) is 17.6 Å². The molecule has 4 rings (SSSR count). The standard InChI is InChI=1S/C23H24F3N5O2S/c1-15-7-6-12-31(15,22(33)29-20(23(24,25)26)16-8-5-11-27-13-16)19(32)14-34-21-28-17-9-3-4-10-18(17)30(21)2/h3-5,8-11,13,15,20H,6-7,12,14H2,1-2H3/p+1/t15-,20?,31?/m1/s1. The molecule has 7 nitrogen and oxygen atoms in total. The average molecular weight is 493 g/mol. The van der Waals surface area contributed by atoms with E-state index in [1.807, 2.05) is 35.9 Å². The van der Waals surface area contributed by atoms with E-state index in [1.54, 1.807) is 6.92 Å². The number of benzene rings is 1. The number of imide groups is 1. The smallest absolute Gasteiger partial charge is 0.322 e. The van der Waals surface area contributed by atoms with E-state index in [9.17, 15) is 22.8 Å². The molecule has 1 saturated heterocycles. The second kappa shape index (κ2) is 9.38. The summed E-state index contributed by atoms with van der Waals surface area (Å²) in [5.74, 6) is -0.523. The Bertz CT molecular complexity index is 1200. The quantitative estimate of drug-likeness (QED) is 0.416. The number of nitrogens with zero attached hydrogens (tertiary/aromatic N) is 4. The number of pyridine rings is 1. The van der Waals surface area contributed by atoms with Crippen LogP contribution in [-0.2, 0) is 11.8 Å². The van der Waals surface area contributed by atoms with Gasteiger partial charge in [0, 0.05) is 37.8 Å². The highest BCUT2D eigenvalue weighted by atomic mass is 32.2. The second-order valence-corrected chi connectivity index (χ2v) is 9.36. The third-order valence-corrected chi connectivity index (χ3v) is 7.39. The lowest BCUT2D eigenvalue weighted by atomic mass is 10.1. The van der Waals surface area contributed by atoms with Crippen LogP contribution in [0.3, 0.4) is 0 Å². The molecule has 0 bridgehead atoms. The van der Waals surface area contributed by atoms with Gasteiger partial charge in [0.15, 0.2) is 11.2 Å². The molecular weight excluding hydrogens is 467 g/mol. The van der Waals surface area contributed by atoms with Crippen molar-refractivity contribution in [1.29, 1.82) is 0 Å². The minimum atomic E-state index is -4.74.